The van der Waals surface area contributed by atoms with Gasteiger partial charge in [-0.1, -0.05) is 0 Å². The second-order valence-electron chi connectivity index (χ2n) is 3.61. The summed E-state index contributed by atoms with van der Waals surface area (Å²) in [5.74, 6) is -0.251. The molecule has 0 aliphatic heterocycles. The molecule has 3 N–H and O–H groups in total. The Morgan fingerprint density at radius 2 is 1.94 bits per heavy atom. The van der Waals surface area contributed by atoms with Crippen LogP contribution in [0, 0.1) is 6.92 Å². The van der Waals surface area contributed by atoms with E-state index in [2.05, 4.69) is 15.3 Å². The van der Waals surface area contributed by atoms with E-state index >= 15 is 0 Å². The normalized spacial score (nSPS) is 9.94. The van der Waals surface area contributed by atoms with E-state index in [1.807, 2.05) is 6.92 Å². The molecule has 2 aromatic heterocycles. The van der Waals surface area contributed by atoms with Crippen molar-refractivity contribution in [1.82, 2.24) is 9.97 Å². The van der Waals surface area contributed by atoms with E-state index in [9.17, 15) is 4.79 Å². The van der Waals surface area contributed by atoms with Crippen molar-refractivity contribution in [2.75, 3.05) is 11.1 Å². The summed E-state index contributed by atoms with van der Waals surface area (Å²) in [5.41, 5.74) is 8.07. The van der Waals surface area contributed by atoms with Crippen LogP contribution in [0.1, 0.15) is 15.9 Å². The minimum atomic E-state index is -0.251. The molecule has 0 unspecified atom stereocenters. The van der Waals surface area contributed by atoms with E-state index < -0.39 is 0 Å². The molecule has 0 radical (unpaired) electrons. The first-order valence-electron chi connectivity index (χ1n) is 5.10. The van der Waals surface area contributed by atoms with Gasteiger partial charge in [-0.2, -0.15) is 0 Å². The first-order chi connectivity index (χ1) is 8.18. The maximum atomic E-state index is 11.9. The summed E-state index contributed by atoms with van der Waals surface area (Å²) in [6.45, 7) is 1.87. The topological polar surface area (TPSA) is 80.9 Å². The van der Waals surface area contributed by atoms with Gasteiger partial charge in [-0.3, -0.25) is 14.8 Å². The zero-order valence-electron chi connectivity index (χ0n) is 9.34. The third kappa shape index (κ3) is 2.39. The average molecular weight is 228 g/mol. The first-order valence-corrected chi connectivity index (χ1v) is 5.10. The molecule has 0 spiro atoms. The quantitative estimate of drug-likeness (QED) is 0.818. The molecule has 1 amide bonds. The molecule has 2 aromatic rings. The third-order valence-corrected chi connectivity index (χ3v) is 2.37. The van der Waals surface area contributed by atoms with E-state index in [-0.39, 0.29) is 5.91 Å². The van der Waals surface area contributed by atoms with Crippen molar-refractivity contribution < 1.29 is 4.79 Å². The van der Waals surface area contributed by atoms with Gasteiger partial charge in [-0.15, -0.1) is 0 Å². The second kappa shape index (κ2) is 4.61. The number of nitrogens with two attached hydrogens (primary N) is 1. The molecule has 17 heavy (non-hydrogen) atoms. The Balaban J connectivity index is 2.24. The maximum Gasteiger partial charge on any atom is 0.257 e. The summed E-state index contributed by atoms with van der Waals surface area (Å²) in [5, 5.41) is 2.78. The van der Waals surface area contributed by atoms with Crippen LogP contribution in [0.2, 0.25) is 0 Å². The Kier molecular flexibility index (Phi) is 3.00. The molecule has 0 aliphatic carbocycles. The molecule has 5 nitrogen and oxygen atoms in total. The third-order valence-electron chi connectivity index (χ3n) is 2.37. The Bertz CT molecular complexity index is 554. The SMILES string of the molecule is Cc1cnccc1NC(=O)c1ccncc1N. The van der Waals surface area contributed by atoms with Crippen LogP contribution in [0.5, 0.6) is 0 Å². The summed E-state index contributed by atoms with van der Waals surface area (Å²) in [4.78, 5) is 19.7. The number of amides is 1. The van der Waals surface area contributed by atoms with E-state index in [1.54, 1.807) is 24.5 Å². The van der Waals surface area contributed by atoms with Gasteiger partial charge in [-0.25, -0.2) is 0 Å². The Morgan fingerprint density at radius 1 is 1.24 bits per heavy atom. The van der Waals surface area contributed by atoms with Crippen LogP contribution in [0.3, 0.4) is 0 Å². The lowest BCUT2D eigenvalue weighted by Crippen LogP contribution is -2.14. The number of carbonyl (C=O) groups is 1. The van der Waals surface area contributed by atoms with Crippen LogP contribution >= 0.6 is 0 Å². The number of aryl methyl sites for hydroxylation is 1. The molecule has 0 saturated heterocycles. The molecule has 0 aromatic carbocycles. The van der Waals surface area contributed by atoms with E-state index in [4.69, 9.17) is 5.73 Å². The van der Waals surface area contributed by atoms with E-state index in [1.165, 1.54) is 12.4 Å². The highest BCUT2D eigenvalue weighted by molar-refractivity contribution is 6.07. The average Bonchev–Trinajstić information content (AvgIpc) is 2.32. The van der Waals surface area contributed by atoms with Crippen molar-refractivity contribution in [3.8, 4) is 0 Å². The molecule has 0 saturated carbocycles. The fourth-order valence-electron chi connectivity index (χ4n) is 1.42. The Morgan fingerprint density at radius 3 is 2.65 bits per heavy atom. The van der Waals surface area contributed by atoms with Gasteiger partial charge in [-0.05, 0) is 24.6 Å². The lowest BCUT2D eigenvalue weighted by molar-refractivity contribution is 0.102. The number of nitrogens with zero attached hydrogens (tertiary/aromatic N) is 2. The van der Waals surface area contributed by atoms with Crippen LogP contribution in [0.4, 0.5) is 11.4 Å². The molecular weight excluding hydrogens is 216 g/mol. The van der Waals surface area contributed by atoms with Gasteiger partial charge < -0.3 is 11.1 Å². The van der Waals surface area contributed by atoms with Crippen molar-refractivity contribution >= 4 is 17.3 Å². The Labute approximate surface area is 98.7 Å². The van der Waals surface area contributed by atoms with Gasteiger partial charge in [0.25, 0.3) is 5.91 Å². The lowest BCUT2D eigenvalue weighted by atomic mass is 10.2. The number of carbonyl (C=O) groups excluding carboxylic acids is 1. The molecule has 2 heterocycles. The number of hydrogen-bond acceptors (Lipinski definition) is 4. The number of nitrogens with one attached hydrogen (secondary N) is 1. The smallest absolute Gasteiger partial charge is 0.257 e. The molecule has 0 atom stereocenters. The molecule has 86 valence electrons. The number of anilines is 2. The van der Waals surface area contributed by atoms with Gasteiger partial charge in [0.2, 0.25) is 0 Å². The molecule has 5 heteroatoms. The number of aromatic nitrogens is 2. The summed E-state index contributed by atoms with van der Waals surface area (Å²) in [6.07, 6.45) is 6.29. The number of rotatable bonds is 2. The molecule has 0 fully saturated rings. The van der Waals surface area contributed by atoms with Crippen LogP contribution in [0.15, 0.2) is 36.9 Å². The predicted molar refractivity (Wildman–Crippen MR) is 65.6 cm³/mol. The van der Waals surface area contributed by atoms with E-state index in [0.29, 0.717) is 11.3 Å². The van der Waals surface area contributed by atoms with Crippen molar-refractivity contribution in [2.24, 2.45) is 0 Å². The lowest BCUT2D eigenvalue weighted by Gasteiger charge is -2.08. The number of pyridine rings is 2. The molecule has 0 bridgehead atoms. The van der Waals surface area contributed by atoms with Gasteiger partial charge in [0.15, 0.2) is 0 Å². The predicted octanol–water partition coefficient (Wildman–Crippen LogP) is 1.62. The summed E-state index contributed by atoms with van der Waals surface area (Å²) < 4.78 is 0. The fraction of sp³-hybridized carbons (Fsp3) is 0.0833. The van der Waals surface area contributed by atoms with Crippen LogP contribution in [-0.4, -0.2) is 15.9 Å². The highest BCUT2D eigenvalue weighted by Crippen LogP contribution is 2.15. The monoisotopic (exact) mass is 228 g/mol. The van der Waals surface area contributed by atoms with Crippen molar-refractivity contribution in [3.63, 3.8) is 0 Å². The maximum absolute atomic E-state index is 11.9. The standard InChI is InChI=1S/C12H12N4O/c1-8-6-14-5-3-11(8)16-12(17)9-2-4-15-7-10(9)13/h2-7H,13H2,1H3,(H,14,16,17). The summed E-state index contributed by atoms with van der Waals surface area (Å²) >= 11 is 0. The second-order valence-corrected chi connectivity index (χ2v) is 3.61. The molecular formula is C12H12N4O. The van der Waals surface area contributed by atoms with Gasteiger partial charge in [0.05, 0.1) is 17.4 Å². The van der Waals surface area contributed by atoms with Crippen molar-refractivity contribution in [2.45, 2.75) is 6.92 Å². The summed E-state index contributed by atoms with van der Waals surface area (Å²) in [6, 6.07) is 3.33. The van der Waals surface area contributed by atoms with Gasteiger partial charge in [0, 0.05) is 24.3 Å². The van der Waals surface area contributed by atoms with Crippen LogP contribution in [0.25, 0.3) is 0 Å². The zero-order valence-corrected chi connectivity index (χ0v) is 9.34. The molecule has 0 aliphatic rings. The van der Waals surface area contributed by atoms with Gasteiger partial charge >= 0.3 is 0 Å². The highest BCUT2D eigenvalue weighted by Gasteiger charge is 2.10. The first kappa shape index (κ1) is 11.1. The fourth-order valence-corrected chi connectivity index (χ4v) is 1.42. The largest absolute Gasteiger partial charge is 0.397 e. The van der Waals surface area contributed by atoms with Crippen LogP contribution in [-0.2, 0) is 0 Å². The minimum Gasteiger partial charge on any atom is -0.397 e. The minimum absolute atomic E-state index is 0.251. The molecule has 2 rings (SSSR count). The van der Waals surface area contributed by atoms with Gasteiger partial charge in [0.1, 0.15) is 0 Å². The Hall–Kier alpha value is -2.43. The number of hydrogen-bond donors (Lipinski definition) is 2. The highest BCUT2D eigenvalue weighted by atomic mass is 16.1. The van der Waals surface area contributed by atoms with E-state index in [0.717, 1.165) is 11.3 Å². The van der Waals surface area contributed by atoms with Crippen LogP contribution < -0.4 is 11.1 Å². The number of nitrogen functional groups attached to an aromatic ring is 1. The van der Waals surface area contributed by atoms with Crippen molar-refractivity contribution in [1.29, 1.82) is 0 Å². The van der Waals surface area contributed by atoms with Crippen molar-refractivity contribution in [3.05, 3.63) is 48.0 Å². The summed E-state index contributed by atoms with van der Waals surface area (Å²) in [7, 11) is 0. The zero-order chi connectivity index (χ0) is 12.3.